The van der Waals surface area contributed by atoms with E-state index in [1.165, 1.54) is 13.8 Å². The molecule has 2 heterocycles. The Morgan fingerprint density at radius 1 is 0.661 bits per heavy atom. The summed E-state index contributed by atoms with van der Waals surface area (Å²) in [7, 11) is 0. The molecule has 0 saturated carbocycles. The van der Waals surface area contributed by atoms with Gasteiger partial charge in [-0.25, -0.2) is 28.8 Å². The third-order valence-corrected chi connectivity index (χ3v) is 9.87. The number of amides is 4. The van der Waals surface area contributed by atoms with Crippen LogP contribution in [0.3, 0.4) is 0 Å². The van der Waals surface area contributed by atoms with E-state index in [4.69, 9.17) is 37.9 Å². The average Bonchev–Trinajstić information content (AvgIpc) is 3.63. The molecule has 2 aliphatic heterocycles. The zero-order valence-electron chi connectivity index (χ0n) is 36.4. The van der Waals surface area contributed by atoms with Gasteiger partial charge in [-0.05, 0) is 69.1 Å². The number of carbonyl (C=O) groups excluding carboxylic acids is 6. The van der Waals surface area contributed by atoms with E-state index < -0.39 is 60.2 Å². The monoisotopic (exact) mass is 840 g/mol. The van der Waals surface area contributed by atoms with Crippen LogP contribution < -0.4 is 21.3 Å². The van der Waals surface area contributed by atoms with Crippen molar-refractivity contribution >= 4 is 36.3 Å². The van der Waals surface area contributed by atoms with E-state index in [1.807, 2.05) is 27.7 Å². The fourth-order valence-corrected chi connectivity index (χ4v) is 6.89. The smallest absolute Gasteiger partial charge is 0.407 e. The lowest BCUT2D eigenvalue weighted by atomic mass is 9.82. The summed E-state index contributed by atoms with van der Waals surface area (Å²) in [6.45, 7) is 25.4. The van der Waals surface area contributed by atoms with Crippen LogP contribution in [0.1, 0.15) is 88.0 Å². The highest BCUT2D eigenvalue weighted by Crippen LogP contribution is 2.40. The minimum Gasteiger partial charge on any atom is -0.459 e. The molecule has 59 heavy (non-hydrogen) atoms. The molecule has 0 radical (unpaired) electrons. The summed E-state index contributed by atoms with van der Waals surface area (Å²) in [4.78, 5) is 72.4. The molecular formula is C41H68N4O14. The van der Waals surface area contributed by atoms with Gasteiger partial charge in [0.1, 0.15) is 38.1 Å². The van der Waals surface area contributed by atoms with Gasteiger partial charge in [0.2, 0.25) is 0 Å². The lowest BCUT2D eigenvalue weighted by molar-refractivity contribution is -0.140. The Labute approximate surface area is 348 Å². The summed E-state index contributed by atoms with van der Waals surface area (Å²) in [6.07, 6.45) is -1.59. The fraction of sp³-hybridized carbons (Fsp3) is 0.756. The topological polar surface area (TPSA) is 224 Å². The molecule has 0 aromatic rings. The molecule has 18 heteroatoms. The Bertz CT molecular complexity index is 1470. The molecule has 0 bridgehead atoms. The van der Waals surface area contributed by atoms with E-state index in [9.17, 15) is 28.8 Å². The molecule has 2 fully saturated rings. The molecule has 0 aromatic carbocycles. The van der Waals surface area contributed by atoms with Gasteiger partial charge >= 0.3 is 36.3 Å². The SMILES string of the molecule is C=C(C)C(=O)OCCOC(=O)NCC(C)(C)CC(C)CCNC(=O)O[C@H]1CO[C@@H]2[C@H](OC(=O)NCCC(C)CC(C)(C)CNC(=O)OCCOC(=O)C(=C)C)CO[C@]12C. The first kappa shape index (κ1) is 50.6. The molecule has 336 valence electrons. The number of alkyl carbamates (subject to hydrolysis) is 4. The van der Waals surface area contributed by atoms with Crippen LogP contribution in [-0.4, -0.2) is 126 Å². The Hall–Kier alpha value is -4.58. The molecule has 18 nitrogen and oxygen atoms in total. The normalized spacial score (nSPS) is 20.8. The summed E-state index contributed by atoms with van der Waals surface area (Å²) in [5, 5.41) is 11.1. The van der Waals surface area contributed by atoms with Crippen LogP contribution in [0.4, 0.5) is 19.2 Å². The van der Waals surface area contributed by atoms with Crippen LogP contribution in [-0.2, 0) is 47.5 Å². The molecule has 4 N–H and O–H groups in total. The molecular weight excluding hydrogens is 772 g/mol. The minimum absolute atomic E-state index is 0.0578. The minimum atomic E-state index is -0.999. The Kier molecular flexibility index (Phi) is 20.5. The zero-order valence-corrected chi connectivity index (χ0v) is 36.4. The first-order chi connectivity index (χ1) is 27.5. The number of ether oxygens (including phenoxy) is 8. The molecule has 2 unspecified atom stereocenters. The molecule has 2 saturated heterocycles. The second kappa shape index (κ2) is 23.9. The Balaban J connectivity index is 1.63. The summed E-state index contributed by atoms with van der Waals surface area (Å²) < 4.78 is 43.2. The van der Waals surface area contributed by atoms with Crippen molar-refractivity contribution in [1.82, 2.24) is 21.3 Å². The van der Waals surface area contributed by atoms with E-state index in [0.717, 1.165) is 12.8 Å². The molecule has 0 aromatic heterocycles. The number of hydrogen-bond donors (Lipinski definition) is 4. The largest absolute Gasteiger partial charge is 0.459 e. The van der Waals surface area contributed by atoms with Crippen LogP contribution >= 0.6 is 0 Å². The lowest BCUT2D eigenvalue weighted by Gasteiger charge is -2.29. The van der Waals surface area contributed by atoms with Crippen molar-refractivity contribution in [3.8, 4) is 0 Å². The van der Waals surface area contributed by atoms with Crippen molar-refractivity contribution in [1.29, 1.82) is 0 Å². The quantitative estimate of drug-likeness (QED) is 0.0438. The number of hydrogen-bond acceptors (Lipinski definition) is 14. The first-order valence-corrected chi connectivity index (χ1v) is 20.1. The third-order valence-electron chi connectivity index (χ3n) is 9.87. The highest BCUT2D eigenvalue weighted by atomic mass is 16.7. The van der Waals surface area contributed by atoms with Crippen molar-refractivity contribution < 1.29 is 66.7 Å². The van der Waals surface area contributed by atoms with Gasteiger partial charge in [-0.15, -0.1) is 0 Å². The first-order valence-electron chi connectivity index (χ1n) is 20.1. The van der Waals surface area contributed by atoms with Gasteiger partial charge in [0.25, 0.3) is 0 Å². The second-order valence-electron chi connectivity index (χ2n) is 17.3. The van der Waals surface area contributed by atoms with Crippen molar-refractivity contribution in [2.75, 3.05) is 65.8 Å². The molecule has 2 aliphatic rings. The predicted octanol–water partition coefficient (Wildman–Crippen LogP) is 4.94. The van der Waals surface area contributed by atoms with Crippen molar-refractivity contribution in [3.63, 3.8) is 0 Å². The van der Waals surface area contributed by atoms with E-state index in [0.29, 0.717) is 39.0 Å². The van der Waals surface area contributed by atoms with Crippen LogP contribution in [0.2, 0.25) is 0 Å². The van der Waals surface area contributed by atoms with Crippen LogP contribution in [0.25, 0.3) is 0 Å². The van der Waals surface area contributed by atoms with Crippen LogP contribution in [0.5, 0.6) is 0 Å². The standard InChI is InChI=1S/C41H68N4O14/c1-26(2)33(46)52-16-18-54-35(48)44-24-39(7,8)20-28(5)12-14-42-37(50)58-30-22-57-41(11)31(23-56-32(30)41)59-38(51)43-15-13-29(6)21-40(9,10)25-45-36(49)55-19-17-53-34(47)27(3)4/h28-32H,1,3,12-25H2,2,4-11H3,(H,42,50)(H,43,51)(H,44,48)(H,45,49)/t28?,29?,30-,31+,32-,41-/m1/s1. The number of fused-ring (bicyclic) bond motifs is 1. The average molecular weight is 841 g/mol. The Morgan fingerprint density at radius 3 is 1.53 bits per heavy atom. The molecule has 0 aliphatic carbocycles. The fourth-order valence-electron chi connectivity index (χ4n) is 6.89. The highest BCUT2D eigenvalue weighted by Gasteiger charge is 2.60. The van der Waals surface area contributed by atoms with Crippen molar-refractivity contribution in [2.45, 2.75) is 112 Å². The van der Waals surface area contributed by atoms with Gasteiger partial charge in [-0.2, -0.15) is 0 Å². The summed E-state index contributed by atoms with van der Waals surface area (Å²) in [5.74, 6) is -0.670. The van der Waals surface area contributed by atoms with Gasteiger partial charge in [-0.1, -0.05) is 54.7 Å². The van der Waals surface area contributed by atoms with Crippen LogP contribution in [0, 0.1) is 22.7 Å². The number of carbonyl (C=O) groups is 6. The van der Waals surface area contributed by atoms with E-state index >= 15 is 0 Å². The van der Waals surface area contributed by atoms with Gasteiger partial charge in [0.15, 0.2) is 12.2 Å². The van der Waals surface area contributed by atoms with Gasteiger partial charge in [-0.3, -0.25) is 0 Å². The number of nitrogens with one attached hydrogen (secondary N) is 4. The zero-order chi connectivity index (χ0) is 44.4. The van der Waals surface area contributed by atoms with E-state index in [-0.39, 0.29) is 73.5 Å². The summed E-state index contributed by atoms with van der Waals surface area (Å²) >= 11 is 0. The van der Waals surface area contributed by atoms with Crippen molar-refractivity contribution in [2.24, 2.45) is 22.7 Å². The van der Waals surface area contributed by atoms with Gasteiger partial charge < -0.3 is 59.2 Å². The maximum atomic E-state index is 12.7. The lowest BCUT2D eigenvalue weighted by Crippen LogP contribution is -2.48. The van der Waals surface area contributed by atoms with Crippen LogP contribution in [0.15, 0.2) is 24.3 Å². The number of rotatable bonds is 24. The summed E-state index contributed by atoms with van der Waals surface area (Å²) in [6, 6.07) is 0. The Morgan fingerprint density at radius 2 is 1.08 bits per heavy atom. The molecule has 2 rings (SSSR count). The van der Waals surface area contributed by atoms with Crippen molar-refractivity contribution in [3.05, 3.63) is 24.3 Å². The number of esters is 2. The molecule has 6 atom stereocenters. The van der Waals surface area contributed by atoms with Gasteiger partial charge in [0.05, 0.1) is 13.2 Å². The second-order valence-corrected chi connectivity index (χ2v) is 17.3. The van der Waals surface area contributed by atoms with Gasteiger partial charge in [0, 0.05) is 37.3 Å². The summed E-state index contributed by atoms with van der Waals surface area (Å²) in [5.41, 5.74) is -0.978. The predicted molar refractivity (Wildman–Crippen MR) is 215 cm³/mol. The van der Waals surface area contributed by atoms with E-state index in [2.05, 4.69) is 48.3 Å². The molecule has 4 amide bonds. The third kappa shape index (κ3) is 18.9. The maximum Gasteiger partial charge on any atom is 0.407 e. The molecule has 0 spiro atoms. The highest BCUT2D eigenvalue weighted by molar-refractivity contribution is 5.87. The van der Waals surface area contributed by atoms with E-state index in [1.54, 1.807) is 6.92 Å². The maximum absolute atomic E-state index is 12.7.